The Labute approximate surface area is 183 Å². The highest BCUT2D eigenvalue weighted by atomic mass is 32.2. The Morgan fingerprint density at radius 2 is 1.83 bits per heavy atom. The van der Waals surface area contributed by atoms with Gasteiger partial charge < -0.3 is 10.6 Å². The quantitative estimate of drug-likeness (QED) is 0.611. The highest BCUT2D eigenvalue weighted by Crippen LogP contribution is 2.33. The molecule has 4 rings (SSSR count). The molecule has 154 valence electrons. The van der Waals surface area contributed by atoms with Gasteiger partial charge in [0.1, 0.15) is 5.69 Å². The summed E-state index contributed by atoms with van der Waals surface area (Å²) >= 11 is 3.29. The lowest BCUT2D eigenvalue weighted by Crippen LogP contribution is -2.39. The van der Waals surface area contributed by atoms with Gasteiger partial charge in [0.05, 0.1) is 5.69 Å². The third kappa shape index (κ3) is 3.40. The molecule has 1 aromatic heterocycles. The first kappa shape index (κ1) is 20.6. The Hall–Kier alpha value is -2.71. The van der Waals surface area contributed by atoms with Crippen molar-refractivity contribution >= 4 is 41.0 Å². The highest BCUT2D eigenvalue weighted by Gasteiger charge is 2.35. The van der Waals surface area contributed by atoms with Crippen molar-refractivity contribution in [2.24, 2.45) is 5.73 Å². The van der Waals surface area contributed by atoms with Crippen LogP contribution in [-0.4, -0.2) is 40.7 Å². The maximum atomic E-state index is 13.6. The molecule has 0 bridgehead atoms. The molecular formula is C22H22N4O2S2. The molecule has 3 aromatic rings. The number of primary amides is 1. The molecule has 2 heterocycles. The molecule has 2 N–H and O–H groups in total. The molecule has 1 aliphatic rings. The van der Waals surface area contributed by atoms with E-state index in [1.54, 1.807) is 33.1 Å². The predicted octanol–water partition coefficient (Wildman–Crippen LogP) is 3.93. The van der Waals surface area contributed by atoms with E-state index in [0.29, 0.717) is 24.2 Å². The maximum absolute atomic E-state index is 13.6. The molecule has 0 fully saturated rings. The van der Waals surface area contributed by atoms with E-state index in [-0.39, 0.29) is 11.6 Å². The van der Waals surface area contributed by atoms with Crippen LogP contribution in [0.5, 0.6) is 0 Å². The van der Waals surface area contributed by atoms with Crippen molar-refractivity contribution in [2.45, 2.75) is 23.1 Å². The molecule has 0 unspecified atom stereocenters. The van der Waals surface area contributed by atoms with Crippen molar-refractivity contribution in [2.75, 3.05) is 24.0 Å². The van der Waals surface area contributed by atoms with Gasteiger partial charge in [0.15, 0.2) is 5.69 Å². The monoisotopic (exact) mass is 438 g/mol. The summed E-state index contributed by atoms with van der Waals surface area (Å²) in [4.78, 5) is 29.6. The molecule has 0 saturated carbocycles. The number of carbonyl (C=O) groups excluding carboxylic acids is 2. The predicted molar refractivity (Wildman–Crippen MR) is 122 cm³/mol. The van der Waals surface area contributed by atoms with E-state index in [0.717, 1.165) is 26.7 Å². The average Bonchev–Trinajstić information content (AvgIpc) is 3.15. The van der Waals surface area contributed by atoms with Crippen LogP contribution in [-0.2, 0) is 6.42 Å². The van der Waals surface area contributed by atoms with Gasteiger partial charge in [-0.3, -0.25) is 9.59 Å². The Balaban J connectivity index is 1.88. The Morgan fingerprint density at radius 1 is 1.10 bits per heavy atom. The minimum Gasteiger partial charge on any atom is -0.364 e. The number of nitrogens with two attached hydrogens (primary N) is 1. The fourth-order valence-electron chi connectivity index (χ4n) is 3.80. The summed E-state index contributed by atoms with van der Waals surface area (Å²) in [5.41, 5.74) is 9.41. The minimum atomic E-state index is -0.618. The van der Waals surface area contributed by atoms with Crippen LogP contribution in [0.15, 0.2) is 52.3 Å². The summed E-state index contributed by atoms with van der Waals surface area (Å²) in [5.74, 6) is -0.793. The third-order valence-electron chi connectivity index (χ3n) is 5.27. The maximum Gasteiger partial charge on any atom is 0.277 e. The molecule has 0 aliphatic carbocycles. The number of benzene rings is 2. The highest BCUT2D eigenvalue weighted by molar-refractivity contribution is 8.01. The van der Waals surface area contributed by atoms with Crippen molar-refractivity contribution in [3.8, 4) is 5.69 Å². The second-order valence-corrected chi connectivity index (χ2v) is 8.68. The first-order chi connectivity index (χ1) is 14.5. The lowest BCUT2D eigenvalue weighted by Gasteiger charge is -2.29. The number of hydrogen-bond acceptors (Lipinski definition) is 5. The number of anilines is 1. The molecule has 2 amide bonds. The zero-order valence-electron chi connectivity index (χ0n) is 17.0. The second-order valence-electron chi connectivity index (χ2n) is 6.98. The number of fused-ring (bicyclic) bond motifs is 1. The molecule has 0 radical (unpaired) electrons. The number of para-hydroxylation sites is 1. The number of amides is 2. The van der Waals surface area contributed by atoms with Crippen molar-refractivity contribution < 1.29 is 9.59 Å². The molecule has 1 aliphatic heterocycles. The van der Waals surface area contributed by atoms with Gasteiger partial charge in [-0.25, -0.2) is 4.68 Å². The molecule has 0 spiro atoms. The lowest BCUT2D eigenvalue weighted by atomic mass is 10.0. The first-order valence-corrected chi connectivity index (χ1v) is 11.9. The van der Waals surface area contributed by atoms with Crippen LogP contribution in [0.1, 0.15) is 32.1 Å². The van der Waals surface area contributed by atoms with E-state index in [1.165, 1.54) is 0 Å². The summed E-state index contributed by atoms with van der Waals surface area (Å²) in [6.07, 6.45) is 4.56. The van der Waals surface area contributed by atoms with E-state index in [2.05, 4.69) is 5.10 Å². The molecular weight excluding hydrogens is 416 g/mol. The summed E-state index contributed by atoms with van der Waals surface area (Å²) in [5, 5.41) is 4.47. The van der Waals surface area contributed by atoms with Crippen molar-refractivity contribution in [1.82, 2.24) is 9.78 Å². The number of carbonyl (C=O) groups is 2. The SMILES string of the molecule is CSc1ccc(-n2nc(C(N)=O)c3c2C(=O)N(c2ccccc2C)CC3)cc1SC. The van der Waals surface area contributed by atoms with Crippen molar-refractivity contribution in [1.29, 1.82) is 0 Å². The summed E-state index contributed by atoms with van der Waals surface area (Å²) in [6, 6.07) is 13.7. The van der Waals surface area contributed by atoms with Crippen LogP contribution in [0.2, 0.25) is 0 Å². The average molecular weight is 439 g/mol. The van der Waals surface area contributed by atoms with E-state index in [4.69, 9.17) is 5.73 Å². The largest absolute Gasteiger partial charge is 0.364 e. The van der Waals surface area contributed by atoms with Gasteiger partial charge >= 0.3 is 0 Å². The Bertz CT molecular complexity index is 1160. The third-order valence-corrected chi connectivity index (χ3v) is 6.97. The lowest BCUT2D eigenvalue weighted by molar-refractivity contribution is 0.0972. The Morgan fingerprint density at radius 3 is 2.50 bits per heavy atom. The van der Waals surface area contributed by atoms with Gasteiger partial charge in [-0.1, -0.05) is 18.2 Å². The van der Waals surface area contributed by atoms with E-state index < -0.39 is 5.91 Å². The molecule has 30 heavy (non-hydrogen) atoms. The number of thioether (sulfide) groups is 2. The first-order valence-electron chi connectivity index (χ1n) is 9.47. The number of nitrogens with zero attached hydrogens (tertiary/aromatic N) is 3. The van der Waals surface area contributed by atoms with Gasteiger partial charge in [0.25, 0.3) is 11.8 Å². The van der Waals surface area contributed by atoms with Crippen LogP contribution >= 0.6 is 23.5 Å². The van der Waals surface area contributed by atoms with Crippen LogP contribution in [0.4, 0.5) is 5.69 Å². The zero-order chi connectivity index (χ0) is 21.4. The Kier molecular flexibility index (Phi) is 5.62. The molecule has 2 aromatic carbocycles. The van der Waals surface area contributed by atoms with Gasteiger partial charge in [-0.15, -0.1) is 23.5 Å². The zero-order valence-corrected chi connectivity index (χ0v) is 18.6. The fraction of sp³-hybridized carbons (Fsp3) is 0.227. The molecule has 8 heteroatoms. The number of aryl methyl sites for hydroxylation is 1. The number of aromatic nitrogens is 2. The smallest absolute Gasteiger partial charge is 0.277 e. The van der Waals surface area contributed by atoms with E-state index in [1.807, 2.05) is 61.9 Å². The molecule has 0 saturated heterocycles. The normalized spacial score (nSPS) is 13.4. The number of rotatable bonds is 5. The topological polar surface area (TPSA) is 81.2 Å². The van der Waals surface area contributed by atoms with E-state index in [9.17, 15) is 9.59 Å². The minimum absolute atomic E-state index is 0.169. The van der Waals surface area contributed by atoms with E-state index >= 15 is 0 Å². The van der Waals surface area contributed by atoms with Crippen LogP contribution in [0, 0.1) is 6.92 Å². The van der Waals surface area contributed by atoms with Gasteiger partial charge in [-0.05, 0) is 55.7 Å². The standard InChI is InChI=1S/C22H22N4O2S2/c1-13-6-4-5-7-16(13)25-11-10-15-19(21(23)27)24-26(20(15)22(25)28)14-8-9-17(29-2)18(12-14)30-3/h4-9,12H,10-11H2,1-3H3,(H2,23,27). The summed E-state index contributed by atoms with van der Waals surface area (Å²) in [6.45, 7) is 2.46. The molecule has 0 atom stereocenters. The second kappa shape index (κ2) is 8.20. The summed E-state index contributed by atoms with van der Waals surface area (Å²) < 4.78 is 1.58. The van der Waals surface area contributed by atoms with Gasteiger partial charge in [0, 0.05) is 27.6 Å². The van der Waals surface area contributed by atoms with Crippen LogP contribution in [0.25, 0.3) is 5.69 Å². The van der Waals surface area contributed by atoms with Gasteiger partial charge in [0.2, 0.25) is 0 Å². The number of hydrogen-bond donors (Lipinski definition) is 1. The van der Waals surface area contributed by atoms with Crippen LogP contribution < -0.4 is 10.6 Å². The van der Waals surface area contributed by atoms with Gasteiger partial charge in [-0.2, -0.15) is 5.10 Å². The molecule has 6 nitrogen and oxygen atoms in total. The van der Waals surface area contributed by atoms with Crippen molar-refractivity contribution in [3.63, 3.8) is 0 Å². The fourth-order valence-corrected chi connectivity index (χ4v) is 5.27. The van der Waals surface area contributed by atoms with Crippen molar-refractivity contribution in [3.05, 3.63) is 65.0 Å². The van der Waals surface area contributed by atoms with Crippen LogP contribution in [0.3, 0.4) is 0 Å². The summed E-state index contributed by atoms with van der Waals surface area (Å²) in [7, 11) is 0.